The molecule has 0 aliphatic heterocycles. The number of nitrogens with zero attached hydrogens (tertiary/aromatic N) is 1. The number of benzene rings is 1. The molecule has 0 fully saturated rings. The fraction of sp³-hybridized carbons (Fsp3) is 0.400. The average molecular weight is 244 g/mol. The zero-order valence-electron chi connectivity index (χ0n) is 11.2. The molecule has 2 aromatic rings. The van der Waals surface area contributed by atoms with Crippen molar-refractivity contribution in [3.8, 4) is 0 Å². The summed E-state index contributed by atoms with van der Waals surface area (Å²) in [6.45, 7) is 4.03. The van der Waals surface area contributed by atoms with Gasteiger partial charge in [-0.3, -0.25) is 4.98 Å². The Bertz CT molecular complexity index is 539. The summed E-state index contributed by atoms with van der Waals surface area (Å²) in [6, 6.07) is 10.3. The van der Waals surface area contributed by atoms with Gasteiger partial charge in [0.15, 0.2) is 0 Å². The highest BCUT2D eigenvalue weighted by Gasteiger charge is 2.11. The van der Waals surface area contributed by atoms with Crippen molar-refractivity contribution in [1.82, 2.24) is 4.98 Å². The van der Waals surface area contributed by atoms with Crippen LogP contribution in [-0.2, 0) is 4.74 Å². The highest BCUT2D eigenvalue weighted by molar-refractivity contribution is 5.79. The highest BCUT2D eigenvalue weighted by atomic mass is 16.5. The predicted molar refractivity (Wildman–Crippen MR) is 74.5 cm³/mol. The van der Waals surface area contributed by atoms with Gasteiger partial charge in [0, 0.05) is 24.2 Å². The van der Waals surface area contributed by atoms with E-state index in [9.17, 15) is 0 Å². The molecule has 1 heterocycles. The highest BCUT2D eigenvalue weighted by Crippen LogP contribution is 2.21. The molecule has 0 aliphatic rings. The van der Waals surface area contributed by atoms with Crippen LogP contribution >= 0.6 is 0 Å². The van der Waals surface area contributed by atoms with E-state index in [0.29, 0.717) is 0 Å². The van der Waals surface area contributed by atoms with E-state index < -0.39 is 0 Å². The van der Waals surface area contributed by atoms with E-state index in [1.165, 1.54) is 0 Å². The summed E-state index contributed by atoms with van der Waals surface area (Å²) in [6.07, 6.45) is 0.994. The molecule has 0 amide bonds. The minimum atomic E-state index is 0.00523. The van der Waals surface area contributed by atoms with Crippen LogP contribution in [0, 0.1) is 6.92 Å². The molecule has 2 unspecified atom stereocenters. The Kier molecular flexibility index (Phi) is 3.94. The van der Waals surface area contributed by atoms with Gasteiger partial charge in [-0.1, -0.05) is 12.1 Å². The molecule has 0 bridgehead atoms. The topological polar surface area (TPSA) is 48.1 Å². The summed E-state index contributed by atoms with van der Waals surface area (Å²) in [5.41, 5.74) is 9.38. The Morgan fingerprint density at radius 1 is 1.28 bits per heavy atom. The van der Waals surface area contributed by atoms with E-state index in [4.69, 9.17) is 10.5 Å². The van der Waals surface area contributed by atoms with E-state index in [0.717, 1.165) is 28.6 Å². The van der Waals surface area contributed by atoms with Crippen LogP contribution in [0.1, 0.15) is 30.6 Å². The van der Waals surface area contributed by atoms with Gasteiger partial charge in [0.2, 0.25) is 0 Å². The number of pyridine rings is 1. The molecule has 2 rings (SSSR count). The van der Waals surface area contributed by atoms with Gasteiger partial charge in [-0.05, 0) is 44.0 Å². The minimum absolute atomic E-state index is 0.00523. The summed E-state index contributed by atoms with van der Waals surface area (Å²) < 4.78 is 5.25. The Morgan fingerprint density at radius 2 is 2.06 bits per heavy atom. The van der Waals surface area contributed by atoms with Crippen molar-refractivity contribution < 1.29 is 4.74 Å². The third-order valence-corrected chi connectivity index (χ3v) is 3.27. The van der Waals surface area contributed by atoms with Gasteiger partial charge in [-0.2, -0.15) is 0 Å². The van der Waals surface area contributed by atoms with Gasteiger partial charge in [0.25, 0.3) is 0 Å². The van der Waals surface area contributed by atoms with Gasteiger partial charge in [-0.25, -0.2) is 0 Å². The number of rotatable bonds is 4. The second-order valence-corrected chi connectivity index (χ2v) is 4.79. The third kappa shape index (κ3) is 2.86. The van der Waals surface area contributed by atoms with Crippen LogP contribution in [0.2, 0.25) is 0 Å². The molecule has 2 atom stereocenters. The molecule has 3 heteroatoms. The number of fused-ring (bicyclic) bond motifs is 1. The van der Waals surface area contributed by atoms with E-state index >= 15 is 0 Å². The molecule has 96 valence electrons. The monoisotopic (exact) mass is 244 g/mol. The van der Waals surface area contributed by atoms with Crippen LogP contribution in [0.5, 0.6) is 0 Å². The average Bonchev–Trinajstić information content (AvgIpc) is 2.37. The lowest BCUT2D eigenvalue weighted by atomic mass is 10.00. The van der Waals surface area contributed by atoms with E-state index in [1.807, 2.05) is 26.0 Å². The van der Waals surface area contributed by atoms with E-state index in [1.54, 1.807) is 7.11 Å². The first-order valence-corrected chi connectivity index (χ1v) is 6.26. The van der Waals surface area contributed by atoms with Gasteiger partial charge < -0.3 is 10.5 Å². The van der Waals surface area contributed by atoms with E-state index in [-0.39, 0.29) is 12.1 Å². The van der Waals surface area contributed by atoms with E-state index in [2.05, 4.69) is 23.2 Å². The minimum Gasteiger partial charge on any atom is -0.382 e. The van der Waals surface area contributed by atoms with Crippen molar-refractivity contribution >= 4 is 10.9 Å². The van der Waals surface area contributed by atoms with Crippen molar-refractivity contribution in [2.24, 2.45) is 5.73 Å². The van der Waals surface area contributed by atoms with Crippen molar-refractivity contribution in [2.45, 2.75) is 32.4 Å². The standard InChI is InChI=1S/C15H20N2O/c1-10-4-5-13-9-12(6-7-15(13)17-10)14(16)8-11(2)18-3/h4-7,9,11,14H,8,16H2,1-3H3. The first-order chi connectivity index (χ1) is 8.60. The summed E-state index contributed by atoms with van der Waals surface area (Å²) in [7, 11) is 1.71. The lowest BCUT2D eigenvalue weighted by molar-refractivity contribution is 0.105. The number of ether oxygens (including phenoxy) is 1. The quantitative estimate of drug-likeness (QED) is 0.899. The molecule has 1 aromatic carbocycles. The first-order valence-electron chi connectivity index (χ1n) is 6.26. The molecule has 0 aliphatic carbocycles. The maximum Gasteiger partial charge on any atom is 0.0705 e. The molecule has 0 spiro atoms. The van der Waals surface area contributed by atoms with Crippen LogP contribution in [0.4, 0.5) is 0 Å². The number of aromatic nitrogens is 1. The molecule has 1 aromatic heterocycles. The van der Waals surface area contributed by atoms with Crippen LogP contribution in [-0.4, -0.2) is 18.2 Å². The number of hydrogen-bond donors (Lipinski definition) is 1. The first kappa shape index (κ1) is 13.0. The molecule has 0 radical (unpaired) electrons. The Labute approximate surface area is 108 Å². The lowest BCUT2D eigenvalue weighted by Gasteiger charge is -2.16. The van der Waals surface area contributed by atoms with Crippen LogP contribution in [0.25, 0.3) is 10.9 Å². The zero-order valence-corrected chi connectivity index (χ0v) is 11.2. The fourth-order valence-corrected chi connectivity index (χ4v) is 2.07. The number of nitrogens with two attached hydrogens (primary N) is 1. The normalized spacial score (nSPS) is 14.7. The second kappa shape index (κ2) is 5.46. The van der Waals surface area contributed by atoms with Crippen molar-refractivity contribution in [3.05, 3.63) is 41.6 Å². The lowest BCUT2D eigenvalue weighted by Crippen LogP contribution is -2.18. The largest absolute Gasteiger partial charge is 0.382 e. The van der Waals surface area contributed by atoms with Crippen molar-refractivity contribution in [3.63, 3.8) is 0 Å². The molecule has 0 saturated heterocycles. The van der Waals surface area contributed by atoms with Gasteiger partial charge in [0.05, 0.1) is 11.6 Å². The maximum absolute atomic E-state index is 6.19. The summed E-state index contributed by atoms with van der Waals surface area (Å²) >= 11 is 0. The van der Waals surface area contributed by atoms with Gasteiger partial charge in [0.1, 0.15) is 0 Å². The molecule has 3 nitrogen and oxygen atoms in total. The molecular formula is C15H20N2O. The Balaban J connectivity index is 2.26. The SMILES string of the molecule is COC(C)CC(N)c1ccc2nc(C)ccc2c1. The Hall–Kier alpha value is -1.45. The van der Waals surface area contributed by atoms with Gasteiger partial charge in [-0.15, -0.1) is 0 Å². The fourth-order valence-electron chi connectivity index (χ4n) is 2.07. The second-order valence-electron chi connectivity index (χ2n) is 4.79. The van der Waals surface area contributed by atoms with Gasteiger partial charge >= 0.3 is 0 Å². The summed E-state index contributed by atoms with van der Waals surface area (Å²) in [5.74, 6) is 0. The van der Waals surface area contributed by atoms with Crippen LogP contribution in [0.15, 0.2) is 30.3 Å². The van der Waals surface area contributed by atoms with Crippen LogP contribution in [0.3, 0.4) is 0 Å². The molecule has 2 N–H and O–H groups in total. The Morgan fingerprint density at radius 3 is 2.78 bits per heavy atom. The smallest absolute Gasteiger partial charge is 0.0705 e. The predicted octanol–water partition coefficient (Wildman–Crippen LogP) is 2.97. The number of aryl methyl sites for hydroxylation is 1. The van der Waals surface area contributed by atoms with Crippen molar-refractivity contribution in [2.75, 3.05) is 7.11 Å². The summed E-state index contributed by atoms with van der Waals surface area (Å²) in [5, 5.41) is 1.14. The third-order valence-electron chi connectivity index (χ3n) is 3.27. The zero-order chi connectivity index (χ0) is 13.1. The van der Waals surface area contributed by atoms with Crippen molar-refractivity contribution in [1.29, 1.82) is 0 Å². The number of hydrogen-bond acceptors (Lipinski definition) is 3. The van der Waals surface area contributed by atoms with Crippen LogP contribution < -0.4 is 5.73 Å². The number of methoxy groups -OCH3 is 1. The molecule has 18 heavy (non-hydrogen) atoms. The molecular weight excluding hydrogens is 224 g/mol. The maximum atomic E-state index is 6.19. The molecule has 0 saturated carbocycles. The summed E-state index contributed by atoms with van der Waals surface area (Å²) in [4.78, 5) is 4.49.